The Morgan fingerprint density at radius 1 is 1.42 bits per heavy atom. The number of hydrogen-bond acceptors (Lipinski definition) is 3. The third-order valence-corrected chi connectivity index (χ3v) is 3.47. The highest BCUT2D eigenvalue weighted by atomic mass is 16.4. The van der Waals surface area contributed by atoms with Crippen LogP contribution in [0.1, 0.15) is 24.2 Å². The highest BCUT2D eigenvalue weighted by Crippen LogP contribution is 2.40. The zero-order valence-electron chi connectivity index (χ0n) is 10.6. The van der Waals surface area contributed by atoms with E-state index in [-0.39, 0.29) is 5.91 Å². The number of likely N-dealkylation sites (N-methyl/N-ethyl adjacent to an activating group) is 1. The molecular weight excluding hydrogens is 246 g/mol. The van der Waals surface area contributed by atoms with Crippen molar-refractivity contribution < 1.29 is 19.1 Å². The Morgan fingerprint density at radius 3 is 2.79 bits per heavy atom. The molecule has 1 aromatic heterocycles. The monoisotopic (exact) mass is 259 g/mol. The highest BCUT2D eigenvalue weighted by Gasteiger charge is 2.41. The molecule has 1 unspecified atom stereocenters. The summed E-state index contributed by atoms with van der Waals surface area (Å²) in [7, 11) is 0. The molecule has 1 N–H and O–H groups in total. The predicted molar refractivity (Wildman–Crippen MR) is 69.4 cm³/mol. The molecule has 5 nitrogen and oxygen atoms in total. The standard InChI is InChI=1S/C14H13NO4/c1-3-15-10-5-8-4-7(2)19-11(8)6-9(10)12(13(15)16)14(17)18/h4-6,12H,3H2,1-2H3,(H,17,18). The second-order valence-electron chi connectivity index (χ2n) is 4.66. The summed E-state index contributed by atoms with van der Waals surface area (Å²) >= 11 is 0. The van der Waals surface area contributed by atoms with Gasteiger partial charge in [-0.15, -0.1) is 0 Å². The second-order valence-corrected chi connectivity index (χ2v) is 4.66. The Morgan fingerprint density at radius 2 is 2.16 bits per heavy atom. The average Bonchev–Trinajstić information content (AvgIpc) is 2.80. The molecule has 1 atom stereocenters. The first kappa shape index (κ1) is 11.8. The van der Waals surface area contributed by atoms with Crippen LogP contribution in [0.25, 0.3) is 11.0 Å². The zero-order valence-corrected chi connectivity index (χ0v) is 10.6. The number of furan rings is 1. The molecule has 0 spiro atoms. The number of fused-ring (bicyclic) bond motifs is 2. The van der Waals surface area contributed by atoms with Crippen LogP contribution in [0.2, 0.25) is 0 Å². The first-order chi connectivity index (χ1) is 9.02. The fourth-order valence-electron chi connectivity index (χ4n) is 2.66. The molecular formula is C14H13NO4. The van der Waals surface area contributed by atoms with Crippen LogP contribution >= 0.6 is 0 Å². The number of hydrogen-bond donors (Lipinski definition) is 1. The number of carbonyl (C=O) groups excluding carboxylic acids is 1. The van der Waals surface area contributed by atoms with E-state index in [1.807, 2.05) is 26.0 Å². The van der Waals surface area contributed by atoms with E-state index in [9.17, 15) is 14.7 Å². The summed E-state index contributed by atoms with van der Waals surface area (Å²) in [5.74, 6) is -1.86. The van der Waals surface area contributed by atoms with Gasteiger partial charge in [0.25, 0.3) is 0 Å². The molecule has 0 bridgehead atoms. The maximum Gasteiger partial charge on any atom is 0.320 e. The number of carboxylic acids is 1. The van der Waals surface area contributed by atoms with Gasteiger partial charge in [-0.3, -0.25) is 9.59 Å². The number of aliphatic carboxylic acids is 1. The zero-order chi connectivity index (χ0) is 13.7. The smallest absolute Gasteiger partial charge is 0.320 e. The molecule has 0 aliphatic carbocycles. The number of benzene rings is 1. The van der Waals surface area contributed by atoms with Crippen LogP contribution in [0.3, 0.4) is 0 Å². The van der Waals surface area contributed by atoms with Crippen LogP contribution in [0.5, 0.6) is 0 Å². The summed E-state index contributed by atoms with van der Waals surface area (Å²) < 4.78 is 5.50. The van der Waals surface area contributed by atoms with Crippen LogP contribution < -0.4 is 4.90 Å². The van der Waals surface area contributed by atoms with Gasteiger partial charge in [-0.1, -0.05) is 0 Å². The summed E-state index contributed by atoms with van der Waals surface area (Å²) in [6, 6.07) is 5.37. The minimum atomic E-state index is -1.12. The first-order valence-electron chi connectivity index (χ1n) is 6.11. The van der Waals surface area contributed by atoms with Crippen LogP contribution in [-0.4, -0.2) is 23.5 Å². The minimum Gasteiger partial charge on any atom is -0.480 e. The lowest BCUT2D eigenvalue weighted by Crippen LogP contribution is -2.31. The lowest BCUT2D eigenvalue weighted by atomic mass is 10.00. The lowest BCUT2D eigenvalue weighted by molar-refractivity contribution is -0.141. The van der Waals surface area contributed by atoms with Gasteiger partial charge in [0.1, 0.15) is 11.3 Å². The van der Waals surface area contributed by atoms with E-state index in [1.165, 1.54) is 4.90 Å². The molecule has 0 saturated heterocycles. The second kappa shape index (κ2) is 3.85. The van der Waals surface area contributed by atoms with E-state index in [1.54, 1.807) is 6.07 Å². The van der Waals surface area contributed by atoms with Gasteiger partial charge in [0.2, 0.25) is 5.91 Å². The Balaban J connectivity index is 2.28. The van der Waals surface area contributed by atoms with E-state index in [4.69, 9.17) is 4.42 Å². The molecule has 0 radical (unpaired) electrons. The fourth-order valence-corrected chi connectivity index (χ4v) is 2.66. The number of amides is 1. The van der Waals surface area contributed by atoms with Crippen molar-refractivity contribution in [3.05, 3.63) is 29.5 Å². The van der Waals surface area contributed by atoms with Crippen molar-refractivity contribution in [3.63, 3.8) is 0 Å². The summed E-state index contributed by atoms with van der Waals surface area (Å²) in [6.45, 7) is 4.12. The van der Waals surface area contributed by atoms with Crippen molar-refractivity contribution in [2.75, 3.05) is 11.4 Å². The molecule has 3 rings (SSSR count). The molecule has 5 heteroatoms. The van der Waals surface area contributed by atoms with Crippen molar-refractivity contribution in [3.8, 4) is 0 Å². The SMILES string of the molecule is CCN1C(=O)C(C(=O)O)c2cc3oc(C)cc3cc21. The number of anilines is 1. The van der Waals surface area contributed by atoms with Gasteiger partial charge in [-0.05, 0) is 32.0 Å². The van der Waals surface area contributed by atoms with Crippen LogP contribution in [0.15, 0.2) is 22.6 Å². The molecule has 0 saturated carbocycles. The number of carbonyl (C=O) groups is 2. The molecule has 1 aliphatic heterocycles. The summed E-state index contributed by atoms with van der Waals surface area (Å²) in [6.07, 6.45) is 0. The third kappa shape index (κ3) is 1.54. The van der Waals surface area contributed by atoms with Gasteiger partial charge in [0, 0.05) is 23.2 Å². The van der Waals surface area contributed by atoms with Crippen molar-refractivity contribution in [2.24, 2.45) is 0 Å². The normalized spacial score (nSPS) is 18.1. The Kier molecular flexibility index (Phi) is 2.38. The van der Waals surface area contributed by atoms with E-state index in [2.05, 4.69) is 0 Å². The largest absolute Gasteiger partial charge is 0.480 e. The highest BCUT2D eigenvalue weighted by molar-refractivity contribution is 6.16. The molecule has 2 aromatic rings. The summed E-state index contributed by atoms with van der Waals surface area (Å²) in [5.41, 5.74) is 1.81. The number of rotatable bonds is 2. The Bertz CT molecular complexity index is 701. The van der Waals surface area contributed by atoms with E-state index in [0.29, 0.717) is 23.4 Å². The molecule has 98 valence electrons. The number of carboxylic acid groups (broad SMARTS) is 1. The van der Waals surface area contributed by atoms with Gasteiger partial charge in [-0.2, -0.15) is 0 Å². The number of aryl methyl sites for hydroxylation is 1. The minimum absolute atomic E-state index is 0.380. The molecule has 0 fully saturated rings. The third-order valence-electron chi connectivity index (χ3n) is 3.47. The van der Waals surface area contributed by atoms with Crippen molar-refractivity contribution in [2.45, 2.75) is 19.8 Å². The predicted octanol–water partition coefficient (Wildman–Crippen LogP) is 2.28. The summed E-state index contributed by atoms with van der Waals surface area (Å²) in [5, 5.41) is 10.1. The van der Waals surface area contributed by atoms with Gasteiger partial charge < -0.3 is 14.4 Å². The molecule has 1 aliphatic rings. The molecule has 2 heterocycles. The van der Waals surface area contributed by atoms with Crippen molar-refractivity contribution in [1.82, 2.24) is 0 Å². The molecule has 1 aromatic carbocycles. The Labute approximate surface area is 109 Å². The van der Waals surface area contributed by atoms with Crippen LogP contribution in [-0.2, 0) is 9.59 Å². The van der Waals surface area contributed by atoms with Crippen molar-refractivity contribution >= 4 is 28.5 Å². The topological polar surface area (TPSA) is 70.8 Å². The maximum atomic E-state index is 12.1. The molecule has 1 amide bonds. The van der Waals surface area contributed by atoms with Gasteiger partial charge in [0.05, 0.1) is 0 Å². The fraction of sp³-hybridized carbons (Fsp3) is 0.286. The van der Waals surface area contributed by atoms with Gasteiger partial charge >= 0.3 is 5.97 Å². The van der Waals surface area contributed by atoms with E-state index in [0.717, 1.165) is 11.1 Å². The van der Waals surface area contributed by atoms with Crippen LogP contribution in [0.4, 0.5) is 5.69 Å². The van der Waals surface area contributed by atoms with Gasteiger partial charge in [-0.25, -0.2) is 0 Å². The van der Waals surface area contributed by atoms with E-state index < -0.39 is 11.9 Å². The maximum absolute atomic E-state index is 12.1. The van der Waals surface area contributed by atoms with E-state index >= 15 is 0 Å². The van der Waals surface area contributed by atoms with Crippen LogP contribution in [0, 0.1) is 6.92 Å². The summed E-state index contributed by atoms with van der Waals surface area (Å²) in [4.78, 5) is 24.9. The number of nitrogens with zero attached hydrogens (tertiary/aromatic N) is 1. The first-order valence-corrected chi connectivity index (χ1v) is 6.11. The lowest BCUT2D eigenvalue weighted by Gasteiger charge is -2.14. The molecule has 19 heavy (non-hydrogen) atoms. The average molecular weight is 259 g/mol. The van der Waals surface area contributed by atoms with Gasteiger partial charge in [0.15, 0.2) is 5.92 Å². The quantitative estimate of drug-likeness (QED) is 0.840. The Hall–Kier alpha value is -2.30. The van der Waals surface area contributed by atoms with Crippen molar-refractivity contribution in [1.29, 1.82) is 0 Å².